The lowest BCUT2D eigenvalue weighted by molar-refractivity contribution is 0.425. The van der Waals surface area contributed by atoms with Crippen molar-refractivity contribution < 1.29 is 13.3 Å². The Hall–Kier alpha value is -2.61. The van der Waals surface area contributed by atoms with Crippen molar-refractivity contribution in [3.05, 3.63) is 34.7 Å². The van der Waals surface area contributed by atoms with Gasteiger partial charge < -0.3 is 15.2 Å². The average molecular weight is 387 g/mol. The molecular weight excluding hydrogens is 364 g/mol. The van der Waals surface area contributed by atoms with Crippen LogP contribution < -0.4 is 10.6 Å². The predicted octanol–water partition coefficient (Wildman–Crippen LogP) is 3.67. The summed E-state index contributed by atoms with van der Waals surface area (Å²) in [7, 11) is 0. The van der Waals surface area contributed by atoms with Crippen molar-refractivity contribution in [2.75, 3.05) is 18.0 Å². The summed E-state index contributed by atoms with van der Waals surface area (Å²) in [6, 6.07) is 1.80. The fourth-order valence-electron chi connectivity index (χ4n) is 3.78. The van der Waals surface area contributed by atoms with Crippen molar-refractivity contribution in [3.8, 4) is 11.5 Å². The molecule has 3 aromatic rings. The van der Waals surface area contributed by atoms with E-state index >= 15 is 0 Å². The Balaban J connectivity index is 2.01. The van der Waals surface area contributed by atoms with Crippen molar-refractivity contribution in [1.29, 1.82) is 0 Å². The van der Waals surface area contributed by atoms with E-state index in [-0.39, 0.29) is 11.6 Å². The van der Waals surface area contributed by atoms with E-state index in [1.807, 2.05) is 11.8 Å². The minimum Gasteiger partial charge on any atom is -0.356 e. The normalized spacial score (nSPS) is 15.6. The molecule has 0 amide bonds. The highest BCUT2D eigenvalue weighted by molar-refractivity contribution is 5.93. The third kappa shape index (κ3) is 3.01. The molecule has 2 aromatic heterocycles. The Labute approximate surface area is 161 Å². The van der Waals surface area contributed by atoms with E-state index in [2.05, 4.69) is 15.1 Å². The highest BCUT2D eigenvalue weighted by Gasteiger charge is 2.27. The van der Waals surface area contributed by atoms with Gasteiger partial charge in [0, 0.05) is 24.5 Å². The lowest BCUT2D eigenvalue weighted by atomic mass is 9.98. The summed E-state index contributed by atoms with van der Waals surface area (Å²) in [5, 5.41) is 4.45. The van der Waals surface area contributed by atoms with Gasteiger partial charge in [0.15, 0.2) is 17.5 Å². The molecule has 0 atom stereocenters. The number of hydrogen-bond acceptors (Lipinski definition) is 6. The van der Waals surface area contributed by atoms with Gasteiger partial charge in [0.2, 0.25) is 0 Å². The van der Waals surface area contributed by atoms with E-state index in [0.29, 0.717) is 53.6 Å². The van der Waals surface area contributed by atoms with Gasteiger partial charge in [-0.3, -0.25) is 0 Å². The summed E-state index contributed by atoms with van der Waals surface area (Å²) in [4.78, 5) is 11.0. The lowest BCUT2D eigenvalue weighted by Gasteiger charge is -2.32. The van der Waals surface area contributed by atoms with E-state index in [9.17, 15) is 8.78 Å². The second kappa shape index (κ2) is 7.09. The van der Waals surface area contributed by atoms with Crippen molar-refractivity contribution in [2.24, 2.45) is 5.73 Å². The smallest absolute Gasteiger partial charge is 0.261 e. The molecule has 2 N–H and O–H groups in total. The van der Waals surface area contributed by atoms with Crippen molar-refractivity contribution >= 4 is 16.7 Å². The number of piperidine rings is 1. The van der Waals surface area contributed by atoms with Gasteiger partial charge in [-0.15, -0.1) is 0 Å². The summed E-state index contributed by atoms with van der Waals surface area (Å²) < 4.78 is 34.7. The van der Waals surface area contributed by atoms with Crippen LogP contribution in [0.5, 0.6) is 0 Å². The highest BCUT2D eigenvalue weighted by Crippen LogP contribution is 2.38. The number of aryl methyl sites for hydroxylation is 3. The molecule has 0 saturated carbocycles. The first kappa shape index (κ1) is 18.7. The van der Waals surface area contributed by atoms with Crippen LogP contribution in [0.2, 0.25) is 0 Å². The van der Waals surface area contributed by atoms with Gasteiger partial charge in [-0.25, -0.2) is 13.8 Å². The van der Waals surface area contributed by atoms with Crippen molar-refractivity contribution in [1.82, 2.24) is 15.1 Å². The first-order chi connectivity index (χ1) is 13.4. The fourth-order valence-corrected chi connectivity index (χ4v) is 3.78. The van der Waals surface area contributed by atoms with Gasteiger partial charge >= 0.3 is 0 Å². The first-order valence-corrected chi connectivity index (χ1v) is 9.53. The summed E-state index contributed by atoms with van der Waals surface area (Å²) in [5.74, 6) is -0.392. The molecule has 8 heteroatoms. The molecule has 148 valence electrons. The molecule has 1 saturated heterocycles. The van der Waals surface area contributed by atoms with E-state index in [1.54, 1.807) is 19.9 Å². The maximum atomic E-state index is 14.8. The zero-order chi connectivity index (χ0) is 20.0. The molecule has 0 bridgehead atoms. The topological polar surface area (TPSA) is 81.1 Å². The molecule has 0 unspecified atom stereocenters. The molecule has 6 nitrogen and oxygen atoms in total. The van der Waals surface area contributed by atoms with Crippen LogP contribution in [0.25, 0.3) is 22.4 Å². The van der Waals surface area contributed by atoms with Crippen LogP contribution in [0, 0.1) is 25.5 Å². The monoisotopic (exact) mass is 387 g/mol. The van der Waals surface area contributed by atoms with Gasteiger partial charge in [-0.05, 0) is 50.3 Å². The van der Waals surface area contributed by atoms with E-state index < -0.39 is 11.6 Å². The molecule has 3 heterocycles. The molecule has 28 heavy (non-hydrogen) atoms. The molecule has 1 aliphatic rings. The van der Waals surface area contributed by atoms with Gasteiger partial charge in [-0.1, -0.05) is 12.1 Å². The zero-order valence-corrected chi connectivity index (χ0v) is 16.2. The van der Waals surface area contributed by atoms with Crippen LogP contribution in [0.1, 0.15) is 36.7 Å². The highest BCUT2D eigenvalue weighted by atomic mass is 19.2. The Bertz CT molecular complexity index is 1040. The summed E-state index contributed by atoms with van der Waals surface area (Å²) in [5.41, 5.74) is 7.78. The third-order valence-electron chi connectivity index (χ3n) is 5.44. The van der Waals surface area contributed by atoms with Crippen LogP contribution in [-0.2, 0) is 6.42 Å². The second-order valence-corrected chi connectivity index (χ2v) is 7.32. The second-order valence-electron chi connectivity index (χ2n) is 7.32. The number of hydrogen-bond donors (Lipinski definition) is 1. The van der Waals surface area contributed by atoms with Crippen molar-refractivity contribution in [3.63, 3.8) is 0 Å². The van der Waals surface area contributed by atoms with Crippen LogP contribution in [0.4, 0.5) is 14.6 Å². The van der Waals surface area contributed by atoms with Gasteiger partial charge in [-0.2, -0.15) is 4.98 Å². The quantitative estimate of drug-likeness (QED) is 0.739. The number of aromatic nitrogens is 3. The standard InChI is InChI=1S/C20H23F2N5O/c1-4-12-9-14-10(2)15(20-24-11(3)26-28-20)19(25-18(14)17(22)16(12)21)27-7-5-13(23)6-8-27/h9,13H,4-8,23H2,1-3H3. The van der Waals surface area contributed by atoms with E-state index in [1.165, 1.54) is 0 Å². The Morgan fingerprint density at radius 3 is 2.50 bits per heavy atom. The summed E-state index contributed by atoms with van der Waals surface area (Å²) in [6.45, 7) is 6.74. The summed E-state index contributed by atoms with van der Waals surface area (Å²) >= 11 is 0. The van der Waals surface area contributed by atoms with Crippen LogP contribution >= 0.6 is 0 Å². The number of rotatable bonds is 3. The van der Waals surface area contributed by atoms with E-state index in [0.717, 1.165) is 18.4 Å². The van der Waals surface area contributed by atoms with E-state index in [4.69, 9.17) is 10.3 Å². The Morgan fingerprint density at radius 1 is 1.18 bits per heavy atom. The largest absolute Gasteiger partial charge is 0.356 e. The molecule has 0 spiro atoms. The molecule has 0 aliphatic carbocycles. The predicted molar refractivity (Wildman–Crippen MR) is 103 cm³/mol. The maximum Gasteiger partial charge on any atom is 0.261 e. The SMILES string of the molecule is CCc1cc2c(C)c(-c3nc(C)no3)c(N3CCC(N)CC3)nc2c(F)c1F. The van der Waals surface area contributed by atoms with Gasteiger partial charge in [0.25, 0.3) is 5.89 Å². The van der Waals surface area contributed by atoms with Crippen LogP contribution in [-0.4, -0.2) is 34.3 Å². The van der Waals surface area contributed by atoms with Crippen LogP contribution in [0.3, 0.4) is 0 Å². The van der Waals surface area contributed by atoms with Crippen LogP contribution in [0.15, 0.2) is 10.6 Å². The molecule has 1 aliphatic heterocycles. The van der Waals surface area contributed by atoms with Crippen molar-refractivity contribution in [2.45, 2.75) is 46.1 Å². The number of nitrogens with zero attached hydrogens (tertiary/aromatic N) is 4. The lowest BCUT2D eigenvalue weighted by Crippen LogP contribution is -2.40. The molecule has 4 rings (SSSR count). The molecular formula is C20H23F2N5O. The summed E-state index contributed by atoms with van der Waals surface area (Å²) in [6.07, 6.45) is 1.98. The molecule has 1 aromatic carbocycles. The first-order valence-electron chi connectivity index (χ1n) is 9.53. The fraction of sp³-hybridized carbons (Fsp3) is 0.450. The third-order valence-corrected chi connectivity index (χ3v) is 5.44. The molecule has 1 fully saturated rings. The minimum atomic E-state index is -0.916. The number of nitrogens with two attached hydrogens (primary N) is 1. The zero-order valence-electron chi connectivity index (χ0n) is 16.2. The minimum absolute atomic E-state index is 0.0251. The number of anilines is 1. The number of fused-ring (bicyclic) bond motifs is 1. The van der Waals surface area contributed by atoms with Gasteiger partial charge in [0.1, 0.15) is 11.3 Å². The number of benzene rings is 1. The number of halogens is 2. The Kier molecular flexibility index (Phi) is 4.74. The number of pyridine rings is 1. The maximum absolute atomic E-state index is 14.8. The average Bonchev–Trinajstić information content (AvgIpc) is 3.11. The van der Waals surface area contributed by atoms with Gasteiger partial charge in [0.05, 0.1) is 5.56 Å². The molecule has 0 radical (unpaired) electrons. The Morgan fingerprint density at radius 2 is 1.89 bits per heavy atom.